The number of fused-ring (bicyclic) bond motifs is 1. The molecule has 28 heavy (non-hydrogen) atoms. The van der Waals surface area contributed by atoms with Gasteiger partial charge in [0.25, 0.3) is 0 Å². The zero-order valence-electron chi connectivity index (χ0n) is 15.3. The van der Waals surface area contributed by atoms with E-state index in [2.05, 4.69) is 20.0 Å². The largest absolute Gasteiger partial charge is 0.434 e. The molecule has 8 heteroatoms. The van der Waals surface area contributed by atoms with Crippen LogP contribution < -0.4 is 15.4 Å². The lowest BCUT2D eigenvalue weighted by atomic mass is 9.73. The van der Waals surface area contributed by atoms with Gasteiger partial charge >= 0.3 is 0 Å². The number of rotatable bonds is 3. The van der Waals surface area contributed by atoms with Crippen molar-refractivity contribution in [2.75, 3.05) is 18.0 Å². The third kappa shape index (κ3) is 2.80. The van der Waals surface area contributed by atoms with Gasteiger partial charge < -0.3 is 15.4 Å². The van der Waals surface area contributed by atoms with E-state index in [9.17, 15) is 4.39 Å². The van der Waals surface area contributed by atoms with Crippen LogP contribution in [0.3, 0.4) is 0 Å². The van der Waals surface area contributed by atoms with Crippen molar-refractivity contribution in [1.29, 1.82) is 0 Å². The van der Waals surface area contributed by atoms with E-state index in [0.29, 0.717) is 0 Å². The number of ether oxygens (including phenoxy) is 1. The summed E-state index contributed by atoms with van der Waals surface area (Å²) in [6, 6.07) is 8.28. The first-order chi connectivity index (χ1) is 13.6. The Labute approximate surface area is 162 Å². The molecule has 0 amide bonds. The van der Waals surface area contributed by atoms with Crippen molar-refractivity contribution in [3.63, 3.8) is 0 Å². The summed E-state index contributed by atoms with van der Waals surface area (Å²) in [5.41, 5.74) is 7.73. The monoisotopic (exact) mass is 380 g/mol. The van der Waals surface area contributed by atoms with E-state index in [1.807, 2.05) is 16.9 Å². The molecule has 1 aromatic carbocycles. The summed E-state index contributed by atoms with van der Waals surface area (Å²) >= 11 is 0. The molecule has 2 N–H and O–H groups in total. The summed E-state index contributed by atoms with van der Waals surface area (Å²) < 4.78 is 21.2. The first kappa shape index (κ1) is 17.1. The minimum atomic E-state index is -0.428. The SMILES string of the molecule is N[C@@H]1c2ccnn2CC12CCN(c1cnc(Oc3ccccc3F)cn1)CC2. The van der Waals surface area contributed by atoms with E-state index in [0.717, 1.165) is 44.0 Å². The quantitative estimate of drug-likeness (QED) is 0.752. The van der Waals surface area contributed by atoms with E-state index < -0.39 is 5.82 Å². The maximum Gasteiger partial charge on any atom is 0.238 e. The Kier molecular flexibility index (Phi) is 4.01. The maximum atomic E-state index is 13.7. The van der Waals surface area contributed by atoms with Crippen LogP contribution in [0, 0.1) is 11.2 Å². The zero-order chi connectivity index (χ0) is 19.1. The molecule has 3 aromatic rings. The molecule has 4 heterocycles. The fraction of sp³-hybridized carbons (Fsp3) is 0.350. The number of benzene rings is 1. The molecule has 5 rings (SSSR count). The van der Waals surface area contributed by atoms with Crippen LogP contribution in [-0.4, -0.2) is 32.8 Å². The molecule has 2 aromatic heterocycles. The number of nitrogens with two attached hydrogens (primary N) is 1. The van der Waals surface area contributed by atoms with Gasteiger partial charge in [0.1, 0.15) is 5.82 Å². The van der Waals surface area contributed by atoms with Gasteiger partial charge in [-0.25, -0.2) is 14.4 Å². The normalized spacial score (nSPS) is 20.4. The van der Waals surface area contributed by atoms with Crippen LogP contribution in [0.4, 0.5) is 10.2 Å². The number of para-hydroxylation sites is 1. The lowest BCUT2D eigenvalue weighted by molar-refractivity contribution is 0.170. The average Bonchev–Trinajstić information content (AvgIpc) is 3.27. The van der Waals surface area contributed by atoms with Crippen LogP contribution in [-0.2, 0) is 6.54 Å². The van der Waals surface area contributed by atoms with Crippen LogP contribution >= 0.6 is 0 Å². The second-order valence-electron chi connectivity index (χ2n) is 7.49. The van der Waals surface area contributed by atoms with Gasteiger partial charge in [0, 0.05) is 31.2 Å². The van der Waals surface area contributed by atoms with E-state index >= 15 is 0 Å². The second kappa shape index (κ2) is 6.56. The Morgan fingerprint density at radius 2 is 1.93 bits per heavy atom. The Balaban J connectivity index is 1.25. The van der Waals surface area contributed by atoms with Crippen molar-refractivity contribution in [3.8, 4) is 11.6 Å². The van der Waals surface area contributed by atoms with Crippen LogP contribution in [0.5, 0.6) is 11.6 Å². The van der Waals surface area contributed by atoms with Crippen LogP contribution in [0.2, 0.25) is 0 Å². The van der Waals surface area contributed by atoms with Crippen molar-refractivity contribution in [2.45, 2.75) is 25.4 Å². The van der Waals surface area contributed by atoms with Gasteiger partial charge in [-0.2, -0.15) is 5.10 Å². The van der Waals surface area contributed by atoms with Crippen molar-refractivity contribution in [1.82, 2.24) is 19.7 Å². The van der Waals surface area contributed by atoms with Crippen molar-refractivity contribution < 1.29 is 9.13 Å². The summed E-state index contributed by atoms with van der Waals surface area (Å²) in [6.45, 7) is 2.60. The van der Waals surface area contributed by atoms with Crippen LogP contribution in [0.1, 0.15) is 24.6 Å². The predicted molar refractivity (Wildman–Crippen MR) is 102 cm³/mol. The predicted octanol–water partition coefficient (Wildman–Crippen LogP) is 2.90. The van der Waals surface area contributed by atoms with E-state index in [-0.39, 0.29) is 23.1 Å². The molecule has 1 fully saturated rings. The van der Waals surface area contributed by atoms with Gasteiger partial charge in [0.2, 0.25) is 5.88 Å². The molecule has 0 radical (unpaired) electrons. The van der Waals surface area contributed by atoms with E-state index in [4.69, 9.17) is 10.5 Å². The summed E-state index contributed by atoms with van der Waals surface area (Å²) in [6.07, 6.45) is 6.98. The van der Waals surface area contributed by atoms with Gasteiger partial charge in [-0.15, -0.1) is 0 Å². The number of hydrogen-bond acceptors (Lipinski definition) is 6. The van der Waals surface area contributed by atoms with E-state index in [1.54, 1.807) is 24.4 Å². The summed E-state index contributed by atoms with van der Waals surface area (Å²) in [4.78, 5) is 11.0. The van der Waals surface area contributed by atoms with Crippen molar-refractivity contribution in [3.05, 3.63) is 60.4 Å². The molecule has 0 bridgehead atoms. The minimum Gasteiger partial charge on any atom is -0.434 e. The third-order valence-electron chi connectivity index (χ3n) is 5.94. The Bertz CT molecular complexity index is 980. The zero-order valence-corrected chi connectivity index (χ0v) is 15.3. The molecule has 1 spiro atoms. The number of anilines is 1. The maximum absolute atomic E-state index is 13.7. The molecule has 0 saturated carbocycles. The highest BCUT2D eigenvalue weighted by molar-refractivity contribution is 5.38. The molecule has 2 aliphatic rings. The summed E-state index contributed by atoms with van der Waals surface area (Å²) in [5.74, 6) is 0.769. The summed E-state index contributed by atoms with van der Waals surface area (Å²) in [5, 5.41) is 4.38. The molecule has 0 unspecified atom stereocenters. The van der Waals surface area contributed by atoms with E-state index in [1.165, 1.54) is 12.3 Å². The number of piperidine rings is 1. The van der Waals surface area contributed by atoms with Gasteiger partial charge in [-0.1, -0.05) is 12.1 Å². The first-order valence-electron chi connectivity index (χ1n) is 9.41. The van der Waals surface area contributed by atoms with Gasteiger partial charge in [0.15, 0.2) is 11.6 Å². The molecular formula is C20H21FN6O. The highest BCUT2D eigenvalue weighted by Crippen LogP contribution is 2.47. The summed E-state index contributed by atoms with van der Waals surface area (Å²) in [7, 11) is 0. The molecule has 1 saturated heterocycles. The smallest absolute Gasteiger partial charge is 0.238 e. The van der Waals surface area contributed by atoms with Crippen molar-refractivity contribution >= 4 is 5.82 Å². The highest BCUT2D eigenvalue weighted by Gasteiger charge is 2.46. The number of hydrogen-bond donors (Lipinski definition) is 1. The standard InChI is InChI=1S/C20H21FN6O/c21-14-3-1-2-4-16(14)28-18-12-23-17(11-24-18)26-9-6-20(7-10-26)13-27-15(19(20)22)5-8-25-27/h1-5,8,11-12,19H,6-7,9-10,13,22H2/t19-/m1/s1. The molecule has 7 nitrogen and oxygen atoms in total. The minimum absolute atomic E-state index is 0.0276. The lowest BCUT2D eigenvalue weighted by Crippen LogP contribution is -2.45. The van der Waals surface area contributed by atoms with Crippen molar-refractivity contribution in [2.24, 2.45) is 11.1 Å². The number of aromatic nitrogens is 4. The third-order valence-corrected chi connectivity index (χ3v) is 5.94. The Morgan fingerprint density at radius 3 is 2.64 bits per heavy atom. The fourth-order valence-corrected chi connectivity index (χ4v) is 4.27. The second-order valence-corrected chi connectivity index (χ2v) is 7.49. The topological polar surface area (TPSA) is 82.1 Å². The molecule has 1 atom stereocenters. The Hall–Kier alpha value is -3.00. The Morgan fingerprint density at radius 1 is 1.11 bits per heavy atom. The highest BCUT2D eigenvalue weighted by atomic mass is 19.1. The average molecular weight is 380 g/mol. The molecule has 144 valence electrons. The fourth-order valence-electron chi connectivity index (χ4n) is 4.27. The van der Waals surface area contributed by atoms with Gasteiger partial charge in [0.05, 0.1) is 24.1 Å². The molecule has 2 aliphatic heterocycles. The van der Waals surface area contributed by atoms with Crippen LogP contribution in [0.25, 0.3) is 0 Å². The molecule has 0 aliphatic carbocycles. The van der Waals surface area contributed by atoms with Crippen LogP contribution in [0.15, 0.2) is 48.9 Å². The number of nitrogens with zero attached hydrogens (tertiary/aromatic N) is 5. The van der Waals surface area contributed by atoms with Gasteiger partial charge in [-0.3, -0.25) is 4.68 Å². The lowest BCUT2D eigenvalue weighted by Gasteiger charge is -2.41. The number of halogens is 1. The first-order valence-corrected chi connectivity index (χ1v) is 9.41. The van der Waals surface area contributed by atoms with Gasteiger partial charge in [-0.05, 0) is 31.0 Å². The molecular weight excluding hydrogens is 359 g/mol.